The summed E-state index contributed by atoms with van der Waals surface area (Å²) in [5.74, 6) is 0.385. The summed E-state index contributed by atoms with van der Waals surface area (Å²) in [5, 5.41) is 2.88. The average molecular weight is 252 g/mol. The van der Waals surface area contributed by atoms with Crippen LogP contribution in [0.5, 0.6) is 0 Å². The van der Waals surface area contributed by atoms with E-state index in [4.69, 9.17) is 17.3 Å². The van der Waals surface area contributed by atoms with Crippen LogP contribution in [0.15, 0.2) is 41.8 Å². The molecule has 0 aliphatic rings. The van der Waals surface area contributed by atoms with E-state index in [9.17, 15) is 0 Å². The van der Waals surface area contributed by atoms with E-state index in [0.717, 1.165) is 11.4 Å². The molecule has 0 amide bonds. The molecule has 0 fully saturated rings. The van der Waals surface area contributed by atoms with Crippen molar-refractivity contribution in [2.24, 2.45) is 5.73 Å². The van der Waals surface area contributed by atoms with E-state index < -0.39 is 0 Å². The molecule has 1 atom stereocenters. The minimum absolute atomic E-state index is 0.385. The van der Waals surface area contributed by atoms with Gasteiger partial charge >= 0.3 is 0 Å². The van der Waals surface area contributed by atoms with Gasteiger partial charge in [-0.25, -0.2) is 0 Å². The largest absolute Gasteiger partial charge is 0.330 e. The quantitative estimate of drug-likeness (QED) is 0.881. The fourth-order valence-corrected chi connectivity index (χ4v) is 2.66. The number of nitrogens with two attached hydrogens (primary N) is 1. The Kier molecular flexibility index (Phi) is 3.99. The van der Waals surface area contributed by atoms with Crippen molar-refractivity contribution in [3.63, 3.8) is 0 Å². The van der Waals surface area contributed by atoms with E-state index in [1.807, 2.05) is 12.1 Å². The van der Waals surface area contributed by atoms with Crippen LogP contribution in [-0.4, -0.2) is 6.54 Å². The van der Waals surface area contributed by atoms with Gasteiger partial charge in [0.05, 0.1) is 0 Å². The van der Waals surface area contributed by atoms with Crippen LogP contribution in [0.4, 0.5) is 0 Å². The lowest BCUT2D eigenvalue weighted by Gasteiger charge is -2.14. The van der Waals surface area contributed by atoms with Gasteiger partial charge in [-0.15, -0.1) is 11.3 Å². The molecule has 1 aromatic heterocycles. The maximum absolute atomic E-state index is 5.87. The molecule has 0 aliphatic heterocycles. The summed E-state index contributed by atoms with van der Waals surface area (Å²) < 4.78 is 0. The third-order valence-corrected chi connectivity index (χ3v) is 3.80. The SMILES string of the molecule is NCC(Cc1cccs1)c1ccc(Cl)cc1. The molecule has 2 aromatic rings. The first kappa shape index (κ1) is 11.6. The van der Waals surface area contributed by atoms with E-state index in [0.29, 0.717) is 12.5 Å². The lowest BCUT2D eigenvalue weighted by atomic mass is 9.95. The van der Waals surface area contributed by atoms with E-state index in [1.54, 1.807) is 11.3 Å². The summed E-state index contributed by atoms with van der Waals surface area (Å²) >= 11 is 7.66. The van der Waals surface area contributed by atoms with Gasteiger partial charge in [-0.2, -0.15) is 0 Å². The minimum Gasteiger partial charge on any atom is -0.330 e. The monoisotopic (exact) mass is 251 g/mol. The molecule has 1 aromatic carbocycles. The Bertz CT molecular complexity index is 422. The summed E-state index contributed by atoms with van der Waals surface area (Å²) in [4.78, 5) is 1.38. The molecular weight excluding hydrogens is 238 g/mol. The zero-order valence-corrected chi connectivity index (χ0v) is 10.5. The molecule has 1 nitrogen and oxygen atoms in total. The van der Waals surface area contributed by atoms with Crippen LogP contribution in [0, 0.1) is 0 Å². The molecule has 0 aliphatic carbocycles. The predicted molar refractivity (Wildman–Crippen MR) is 71.3 cm³/mol. The van der Waals surface area contributed by atoms with Gasteiger partial charge in [0.25, 0.3) is 0 Å². The van der Waals surface area contributed by atoms with Gasteiger partial charge in [0, 0.05) is 15.8 Å². The van der Waals surface area contributed by atoms with Crippen molar-refractivity contribution in [2.75, 3.05) is 6.54 Å². The highest BCUT2D eigenvalue weighted by molar-refractivity contribution is 7.09. The van der Waals surface area contributed by atoms with Crippen LogP contribution in [0.3, 0.4) is 0 Å². The van der Waals surface area contributed by atoms with Crippen molar-refractivity contribution in [3.05, 3.63) is 57.2 Å². The van der Waals surface area contributed by atoms with Gasteiger partial charge in [0.1, 0.15) is 0 Å². The topological polar surface area (TPSA) is 26.0 Å². The molecule has 0 radical (unpaired) electrons. The van der Waals surface area contributed by atoms with Crippen molar-refractivity contribution in [1.29, 1.82) is 0 Å². The second kappa shape index (κ2) is 5.48. The lowest BCUT2D eigenvalue weighted by molar-refractivity contribution is 0.701. The molecule has 2 rings (SSSR count). The molecule has 3 heteroatoms. The first-order chi connectivity index (χ1) is 7.79. The van der Waals surface area contributed by atoms with Crippen molar-refractivity contribution < 1.29 is 0 Å². The standard InChI is InChI=1S/C13H14ClNS/c14-12-5-3-10(4-6-12)11(9-15)8-13-2-1-7-16-13/h1-7,11H,8-9,15H2. The highest BCUT2D eigenvalue weighted by Gasteiger charge is 2.10. The average Bonchev–Trinajstić information content (AvgIpc) is 2.80. The summed E-state index contributed by atoms with van der Waals surface area (Å²) in [5.41, 5.74) is 7.10. The Morgan fingerprint density at radius 1 is 1.19 bits per heavy atom. The number of hydrogen-bond acceptors (Lipinski definition) is 2. The second-order valence-electron chi connectivity index (χ2n) is 3.77. The summed E-state index contributed by atoms with van der Waals surface area (Å²) in [6, 6.07) is 12.2. The highest BCUT2D eigenvalue weighted by atomic mass is 35.5. The van der Waals surface area contributed by atoms with Gasteiger partial charge in [0.2, 0.25) is 0 Å². The molecule has 2 N–H and O–H groups in total. The van der Waals surface area contributed by atoms with Gasteiger partial charge in [-0.1, -0.05) is 29.8 Å². The number of rotatable bonds is 4. The Morgan fingerprint density at radius 2 is 1.94 bits per heavy atom. The van der Waals surface area contributed by atoms with E-state index in [-0.39, 0.29) is 0 Å². The Balaban J connectivity index is 2.13. The normalized spacial score (nSPS) is 12.6. The van der Waals surface area contributed by atoms with Crippen LogP contribution in [0.2, 0.25) is 5.02 Å². The van der Waals surface area contributed by atoms with Gasteiger partial charge in [0.15, 0.2) is 0 Å². The maximum atomic E-state index is 5.87. The highest BCUT2D eigenvalue weighted by Crippen LogP contribution is 2.23. The fraction of sp³-hybridized carbons (Fsp3) is 0.231. The van der Waals surface area contributed by atoms with Crippen molar-refractivity contribution in [2.45, 2.75) is 12.3 Å². The minimum atomic E-state index is 0.385. The zero-order chi connectivity index (χ0) is 11.4. The Labute approximate surface area is 105 Å². The van der Waals surface area contributed by atoms with Crippen LogP contribution in [-0.2, 0) is 6.42 Å². The first-order valence-electron chi connectivity index (χ1n) is 5.27. The van der Waals surface area contributed by atoms with Gasteiger partial charge in [-0.05, 0) is 42.1 Å². The molecule has 0 spiro atoms. The Morgan fingerprint density at radius 3 is 2.50 bits per heavy atom. The fourth-order valence-electron chi connectivity index (χ4n) is 1.74. The van der Waals surface area contributed by atoms with E-state index >= 15 is 0 Å². The zero-order valence-electron chi connectivity index (χ0n) is 8.90. The van der Waals surface area contributed by atoms with Crippen LogP contribution in [0.1, 0.15) is 16.4 Å². The molecular formula is C13H14ClNS. The first-order valence-corrected chi connectivity index (χ1v) is 6.53. The van der Waals surface area contributed by atoms with E-state index in [1.165, 1.54) is 10.4 Å². The summed E-state index contributed by atoms with van der Waals surface area (Å²) in [6.07, 6.45) is 1.01. The predicted octanol–water partition coefficient (Wildman–Crippen LogP) is 3.69. The lowest BCUT2D eigenvalue weighted by Crippen LogP contribution is -2.14. The molecule has 0 bridgehead atoms. The molecule has 1 unspecified atom stereocenters. The van der Waals surface area contributed by atoms with Gasteiger partial charge < -0.3 is 5.73 Å². The van der Waals surface area contributed by atoms with Crippen LogP contribution >= 0.6 is 22.9 Å². The maximum Gasteiger partial charge on any atom is 0.0406 e. The summed E-state index contributed by atoms with van der Waals surface area (Å²) in [7, 11) is 0. The number of hydrogen-bond donors (Lipinski definition) is 1. The Hall–Kier alpha value is -0.830. The number of thiophene rings is 1. The number of halogens is 1. The van der Waals surface area contributed by atoms with Crippen LogP contribution < -0.4 is 5.73 Å². The van der Waals surface area contributed by atoms with Crippen molar-refractivity contribution in [3.8, 4) is 0 Å². The molecule has 0 saturated heterocycles. The summed E-state index contributed by atoms with van der Waals surface area (Å²) in [6.45, 7) is 0.666. The van der Waals surface area contributed by atoms with Crippen molar-refractivity contribution in [1.82, 2.24) is 0 Å². The molecule has 84 valence electrons. The van der Waals surface area contributed by atoms with Crippen LogP contribution in [0.25, 0.3) is 0 Å². The molecule has 16 heavy (non-hydrogen) atoms. The van der Waals surface area contributed by atoms with E-state index in [2.05, 4.69) is 29.6 Å². The third-order valence-electron chi connectivity index (χ3n) is 2.65. The third kappa shape index (κ3) is 2.85. The number of benzene rings is 1. The van der Waals surface area contributed by atoms with Gasteiger partial charge in [-0.3, -0.25) is 0 Å². The smallest absolute Gasteiger partial charge is 0.0406 e. The van der Waals surface area contributed by atoms with Crippen molar-refractivity contribution >= 4 is 22.9 Å². The molecule has 1 heterocycles. The second-order valence-corrected chi connectivity index (χ2v) is 5.24. The molecule has 0 saturated carbocycles.